The number of nitrogens with one attached hydrogen (secondary N) is 1. The Kier molecular flexibility index (Phi) is 5.90. The number of ether oxygens (including phenoxy) is 1. The van der Waals surface area contributed by atoms with E-state index in [2.05, 4.69) is 5.32 Å². The Hall–Kier alpha value is -2.53. The Labute approximate surface area is 148 Å². The van der Waals surface area contributed by atoms with Crippen molar-refractivity contribution in [2.45, 2.75) is 32.1 Å². The van der Waals surface area contributed by atoms with E-state index in [-0.39, 0.29) is 6.03 Å². The molecule has 0 radical (unpaired) electrons. The number of nitrogens with zero attached hydrogens (tertiary/aromatic N) is 1. The van der Waals surface area contributed by atoms with Crippen molar-refractivity contribution in [3.8, 4) is 5.75 Å². The first-order valence-electron chi connectivity index (χ1n) is 8.67. The number of hydrogen-bond donors (Lipinski definition) is 2. The SMILES string of the molecule is O=C(NCc1ccc(COc2ccccc2)cc1)N1CCCC(O)C1. The Balaban J connectivity index is 1.45. The topological polar surface area (TPSA) is 61.8 Å². The summed E-state index contributed by atoms with van der Waals surface area (Å²) in [6.07, 6.45) is 1.23. The third-order valence-corrected chi connectivity index (χ3v) is 4.30. The van der Waals surface area contributed by atoms with E-state index in [1.165, 1.54) is 0 Å². The molecule has 5 heteroatoms. The number of carbonyl (C=O) groups is 1. The number of aliphatic hydroxyl groups is 1. The zero-order chi connectivity index (χ0) is 17.5. The molecule has 0 aromatic heterocycles. The van der Waals surface area contributed by atoms with Crippen molar-refractivity contribution in [3.63, 3.8) is 0 Å². The number of benzene rings is 2. The summed E-state index contributed by atoms with van der Waals surface area (Å²) < 4.78 is 5.72. The van der Waals surface area contributed by atoms with E-state index in [1.807, 2.05) is 54.6 Å². The van der Waals surface area contributed by atoms with Crippen LogP contribution in [0.2, 0.25) is 0 Å². The molecule has 2 aromatic carbocycles. The Morgan fingerprint density at radius 3 is 2.56 bits per heavy atom. The molecular formula is C20H24N2O3. The highest BCUT2D eigenvalue weighted by Crippen LogP contribution is 2.13. The highest BCUT2D eigenvalue weighted by Gasteiger charge is 2.21. The molecule has 1 aliphatic rings. The van der Waals surface area contributed by atoms with Crippen LogP contribution in [-0.4, -0.2) is 35.2 Å². The van der Waals surface area contributed by atoms with Gasteiger partial charge in [-0.1, -0.05) is 42.5 Å². The fourth-order valence-electron chi connectivity index (χ4n) is 2.87. The molecule has 1 aliphatic heterocycles. The van der Waals surface area contributed by atoms with Gasteiger partial charge >= 0.3 is 6.03 Å². The first-order valence-corrected chi connectivity index (χ1v) is 8.67. The largest absolute Gasteiger partial charge is 0.489 e. The monoisotopic (exact) mass is 340 g/mol. The smallest absolute Gasteiger partial charge is 0.317 e. The fourth-order valence-corrected chi connectivity index (χ4v) is 2.87. The van der Waals surface area contributed by atoms with E-state index in [9.17, 15) is 9.90 Å². The van der Waals surface area contributed by atoms with Gasteiger partial charge in [0.1, 0.15) is 12.4 Å². The van der Waals surface area contributed by atoms with Gasteiger partial charge in [0.05, 0.1) is 6.10 Å². The van der Waals surface area contributed by atoms with Crippen molar-refractivity contribution in [2.24, 2.45) is 0 Å². The van der Waals surface area contributed by atoms with Crippen LogP contribution < -0.4 is 10.1 Å². The van der Waals surface area contributed by atoms with Gasteiger partial charge in [0.25, 0.3) is 0 Å². The minimum Gasteiger partial charge on any atom is -0.489 e. The number of aliphatic hydroxyl groups excluding tert-OH is 1. The molecule has 2 N–H and O–H groups in total. The van der Waals surface area contributed by atoms with Crippen LogP contribution in [0.4, 0.5) is 4.79 Å². The van der Waals surface area contributed by atoms with Crippen LogP contribution in [-0.2, 0) is 13.2 Å². The Morgan fingerprint density at radius 1 is 1.12 bits per heavy atom. The Bertz CT molecular complexity index is 673. The number of para-hydroxylation sites is 1. The van der Waals surface area contributed by atoms with E-state index >= 15 is 0 Å². The standard InChI is InChI=1S/C20H24N2O3/c23-18-5-4-12-22(14-18)20(24)21-13-16-8-10-17(11-9-16)15-25-19-6-2-1-3-7-19/h1-3,6-11,18,23H,4-5,12-15H2,(H,21,24). The van der Waals surface area contributed by atoms with Gasteiger partial charge in [0, 0.05) is 19.6 Å². The molecule has 0 saturated carbocycles. The van der Waals surface area contributed by atoms with Gasteiger partial charge in [-0.05, 0) is 36.1 Å². The minimum absolute atomic E-state index is 0.116. The lowest BCUT2D eigenvalue weighted by Crippen LogP contribution is -2.46. The third kappa shape index (κ3) is 5.22. The average molecular weight is 340 g/mol. The summed E-state index contributed by atoms with van der Waals surface area (Å²) in [4.78, 5) is 13.8. The molecule has 0 bridgehead atoms. The predicted molar refractivity (Wildman–Crippen MR) is 96.3 cm³/mol. The van der Waals surface area contributed by atoms with Crippen molar-refractivity contribution >= 4 is 6.03 Å². The summed E-state index contributed by atoms with van der Waals surface area (Å²) in [5.74, 6) is 0.850. The van der Waals surface area contributed by atoms with E-state index in [0.717, 1.165) is 29.7 Å². The van der Waals surface area contributed by atoms with E-state index in [1.54, 1.807) is 4.90 Å². The summed E-state index contributed by atoms with van der Waals surface area (Å²) in [7, 11) is 0. The predicted octanol–water partition coefficient (Wildman–Crippen LogP) is 2.93. The zero-order valence-corrected chi connectivity index (χ0v) is 14.2. The average Bonchev–Trinajstić information content (AvgIpc) is 2.66. The van der Waals surface area contributed by atoms with Crippen molar-refractivity contribution in [1.29, 1.82) is 0 Å². The summed E-state index contributed by atoms with van der Waals surface area (Å²) in [5, 5.41) is 12.6. The van der Waals surface area contributed by atoms with Crippen LogP contribution in [0, 0.1) is 0 Å². The van der Waals surface area contributed by atoms with Gasteiger partial charge in [-0.3, -0.25) is 0 Å². The lowest BCUT2D eigenvalue weighted by Gasteiger charge is -2.30. The maximum atomic E-state index is 12.1. The maximum Gasteiger partial charge on any atom is 0.317 e. The molecule has 0 spiro atoms. The van der Waals surface area contributed by atoms with Gasteiger partial charge < -0.3 is 20.1 Å². The molecule has 1 fully saturated rings. The second-order valence-corrected chi connectivity index (χ2v) is 6.32. The van der Waals surface area contributed by atoms with E-state index < -0.39 is 6.10 Å². The van der Waals surface area contributed by atoms with Crippen LogP contribution >= 0.6 is 0 Å². The molecule has 1 unspecified atom stereocenters. The highest BCUT2D eigenvalue weighted by atomic mass is 16.5. The summed E-state index contributed by atoms with van der Waals surface area (Å²) in [5.41, 5.74) is 2.12. The molecule has 3 rings (SSSR count). The first kappa shape index (κ1) is 17.3. The molecule has 1 saturated heterocycles. The molecule has 2 aromatic rings. The van der Waals surface area contributed by atoms with Crippen molar-refractivity contribution < 1.29 is 14.6 Å². The number of likely N-dealkylation sites (tertiary alicyclic amines) is 1. The van der Waals surface area contributed by atoms with Crippen molar-refractivity contribution in [2.75, 3.05) is 13.1 Å². The van der Waals surface area contributed by atoms with Gasteiger partial charge in [-0.15, -0.1) is 0 Å². The van der Waals surface area contributed by atoms with Crippen LogP contribution in [0.1, 0.15) is 24.0 Å². The van der Waals surface area contributed by atoms with E-state index in [0.29, 0.717) is 26.2 Å². The van der Waals surface area contributed by atoms with Gasteiger partial charge in [0.2, 0.25) is 0 Å². The molecular weight excluding hydrogens is 316 g/mol. The van der Waals surface area contributed by atoms with Crippen molar-refractivity contribution in [1.82, 2.24) is 10.2 Å². The molecule has 5 nitrogen and oxygen atoms in total. The molecule has 0 aliphatic carbocycles. The fraction of sp³-hybridized carbons (Fsp3) is 0.350. The Morgan fingerprint density at radius 2 is 1.84 bits per heavy atom. The lowest BCUT2D eigenvalue weighted by atomic mass is 10.1. The summed E-state index contributed by atoms with van der Waals surface area (Å²) in [6, 6.07) is 17.6. The second kappa shape index (κ2) is 8.53. The third-order valence-electron chi connectivity index (χ3n) is 4.30. The highest BCUT2D eigenvalue weighted by molar-refractivity contribution is 5.74. The number of piperidine rings is 1. The number of β-amino-alcohol motifs (C(OH)–C–C–N with tert-alkyl or cyclic N) is 1. The van der Waals surface area contributed by atoms with Crippen molar-refractivity contribution in [3.05, 3.63) is 65.7 Å². The number of carbonyl (C=O) groups excluding carboxylic acids is 1. The molecule has 1 atom stereocenters. The molecule has 2 amide bonds. The van der Waals surface area contributed by atoms with Crippen LogP contribution in [0.5, 0.6) is 5.75 Å². The number of amides is 2. The summed E-state index contributed by atoms with van der Waals surface area (Å²) in [6.45, 7) is 2.12. The van der Waals surface area contributed by atoms with Crippen LogP contribution in [0.15, 0.2) is 54.6 Å². The number of rotatable bonds is 5. The first-order chi connectivity index (χ1) is 12.2. The number of urea groups is 1. The van der Waals surface area contributed by atoms with Crippen LogP contribution in [0.25, 0.3) is 0 Å². The van der Waals surface area contributed by atoms with Gasteiger partial charge in [-0.25, -0.2) is 4.79 Å². The van der Waals surface area contributed by atoms with Gasteiger partial charge in [0.15, 0.2) is 0 Å². The molecule has 25 heavy (non-hydrogen) atoms. The maximum absolute atomic E-state index is 12.1. The van der Waals surface area contributed by atoms with Gasteiger partial charge in [-0.2, -0.15) is 0 Å². The quantitative estimate of drug-likeness (QED) is 0.880. The summed E-state index contributed by atoms with van der Waals surface area (Å²) >= 11 is 0. The minimum atomic E-state index is -0.400. The van der Waals surface area contributed by atoms with E-state index in [4.69, 9.17) is 4.74 Å². The van der Waals surface area contributed by atoms with Crippen LogP contribution in [0.3, 0.4) is 0 Å². The molecule has 1 heterocycles. The lowest BCUT2D eigenvalue weighted by molar-refractivity contribution is 0.0842. The zero-order valence-electron chi connectivity index (χ0n) is 14.2. The molecule has 132 valence electrons. The number of hydrogen-bond acceptors (Lipinski definition) is 3. The normalized spacial score (nSPS) is 17.2. The second-order valence-electron chi connectivity index (χ2n) is 6.32.